The van der Waals surface area contributed by atoms with Crippen molar-refractivity contribution in [3.05, 3.63) is 70.5 Å². The first-order valence-corrected chi connectivity index (χ1v) is 11.6. The standard InChI is InChI=1S/C23H26ClN5O2S/c1-14(2)16-7-11-19(12-8-16)26-20(30)13-32-23-28-27-21(29(23)4)15(3)25-22(31)17-5-9-18(24)10-6-17/h5-12,14-15H,13H2,1-4H3,(H,25,31)(H,26,30)/t15-/m0/s1. The fourth-order valence-corrected chi connectivity index (χ4v) is 3.90. The first-order valence-electron chi connectivity index (χ1n) is 10.2. The number of nitrogens with one attached hydrogen (secondary N) is 2. The molecule has 0 aliphatic rings. The molecule has 32 heavy (non-hydrogen) atoms. The van der Waals surface area contributed by atoms with Gasteiger partial charge in [-0.25, -0.2) is 0 Å². The van der Waals surface area contributed by atoms with E-state index in [2.05, 4.69) is 34.7 Å². The lowest BCUT2D eigenvalue weighted by Gasteiger charge is -2.13. The number of benzene rings is 2. The summed E-state index contributed by atoms with van der Waals surface area (Å²) in [6.45, 7) is 6.09. The van der Waals surface area contributed by atoms with Gasteiger partial charge in [-0.1, -0.05) is 49.3 Å². The van der Waals surface area contributed by atoms with Gasteiger partial charge >= 0.3 is 0 Å². The van der Waals surface area contributed by atoms with Crippen LogP contribution in [0.25, 0.3) is 0 Å². The lowest BCUT2D eigenvalue weighted by molar-refractivity contribution is -0.113. The van der Waals surface area contributed by atoms with E-state index >= 15 is 0 Å². The second kappa shape index (κ2) is 10.7. The third-order valence-electron chi connectivity index (χ3n) is 4.90. The topological polar surface area (TPSA) is 88.9 Å². The molecule has 0 saturated heterocycles. The van der Waals surface area contributed by atoms with Gasteiger partial charge in [-0.05, 0) is 54.8 Å². The Hall–Kier alpha value is -2.84. The minimum atomic E-state index is -0.363. The SMILES string of the molecule is CC(C)c1ccc(NC(=O)CSc2nnc([C@H](C)NC(=O)c3ccc(Cl)cc3)n2C)cc1. The van der Waals surface area contributed by atoms with Crippen LogP contribution in [-0.4, -0.2) is 32.3 Å². The van der Waals surface area contributed by atoms with Gasteiger partial charge in [0.05, 0.1) is 11.8 Å². The van der Waals surface area contributed by atoms with Crippen molar-refractivity contribution in [1.82, 2.24) is 20.1 Å². The molecule has 1 atom stereocenters. The summed E-state index contributed by atoms with van der Waals surface area (Å²) in [4.78, 5) is 24.8. The Morgan fingerprint density at radius 2 is 1.69 bits per heavy atom. The van der Waals surface area contributed by atoms with E-state index in [9.17, 15) is 9.59 Å². The Bertz CT molecular complexity index is 1080. The smallest absolute Gasteiger partial charge is 0.251 e. The summed E-state index contributed by atoms with van der Waals surface area (Å²) < 4.78 is 1.78. The van der Waals surface area contributed by atoms with Crippen molar-refractivity contribution in [2.75, 3.05) is 11.1 Å². The molecule has 0 unspecified atom stereocenters. The van der Waals surface area contributed by atoms with Gasteiger partial charge in [0.25, 0.3) is 5.91 Å². The van der Waals surface area contributed by atoms with E-state index in [0.29, 0.717) is 27.5 Å². The van der Waals surface area contributed by atoms with Crippen molar-refractivity contribution in [2.45, 2.75) is 37.9 Å². The number of anilines is 1. The Labute approximate surface area is 197 Å². The number of amides is 2. The summed E-state index contributed by atoms with van der Waals surface area (Å²) in [5, 5.41) is 15.3. The predicted octanol–water partition coefficient (Wildman–Crippen LogP) is 4.81. The fraction of sp³-hybridized carbons (Fsp3) is 0.304. The van der Waals surface area contributed by atoms with Crippen LogP contribution in [0.1, 0.15) is 54.5 Å². The molecular formula is C23H26ClN5O2S. The van der Waals surface area contributed by atoms with Gasteiger partial charge in [0, 0.05) is 23.3 Å². The number of carbonyl (C=O) groups is 2. The molecule has 2 amide bonds. The highest BCUT2D eigenvalue weighted by Crippen LogP contribution is 2.21. The third-order valence-corrected chi connectivity index (χ3v) is 6.18. The van der Waals surface area contributed by atoms with E-state index in [-0.39, 0.29) is 23.6 Å². The van der Waals surface area contributed by atoms with Crippen LogP contribution in [0.3, 0.4) is 0 Å². The zero-order valence-corrected chi connectivity index (χ0v) is 20.0. The number of nitrogens with zero attached hydrogens (tertiary/aromatic N) is 3. The number of thioether (sulfide) groups is 1. The molecule has 0 saturated carbocycles. The largest absolute Gasteiger partial charge is 0.342 e. The molecule has 7 nitrogen and oxygen atoms in total. The first-order chi connectivity index (χ1) is 15.2. The zero-order valence-electron chi connectivity index (χ0n) is 18.4. The second-order valence-corrected chi connectivity index (χ2v) is 9.09. The minimum absolute atomic E-state index is 0.124. The van der Waals surface area contributed by atoms with Crippen LogP contribution in [0.5, 0.6) is 0 Å². The van der Waals surface area contributed by atoms with E-state index in [1.54, 1.807) is 28.8 Å². The maximum atomic E-state index is 12.4. The highest BCUT2D eigenvalue weighted by Gasteiger charge is 2.19. The van der Waals surface area contributed by atoms with E-state index in [4.69, 9.17) is 11.6 Å². The summed E-state index contributed by atoms with van der Waals surface area (Å²) in [5.74, 6) is 0.886. The summed E-state index contributed by atoms with van der Waals surface area (Å²) in [6, 6.07) is 14.1. The Morgan fingerprint density at radius 1 is 1.03 bits per heavy atom. The molecule has 0 spiro atoms. The molecule has 0 aliphatic carbocycles. The zero-order chi connectivity index (χ0) is 23.3. The highest BCUT2D eigenvalue weighted by atomic mass is 35.5. The van der Waals surface area contributed by atoms with Crippen molar-refractivity contribution in [3.8, 4) is 0 Å². The van der Waals surface area contributed by atoms with Crippen LogP contribution in [-0.2, 0) is 11.8 Å². The molecule has 0 radical (unpaired) electrons. The van der Waals surface area contributed by atoms with Gasteiger partial charge in [-0.2, -0.15) is 0 Å². The van der Waals surface area contributed by atoms with Crippen molar-refractivity contribution >= 4 is 40.9 Å². The molecule has 168 valence electrons. The molecule has 0 fully saturated rings. The molecule has 0 aliphatic heterocycles. The number of halogens is 1. The molecule has 0 bridgehead atoms. The van der Waals surface area contributed by atoms with E-state index < -0.39 is 0 Å². The molecule has 9 heteroatoms. The number of aromatic nitrogens is 3. The monoisotopic (exact) mass is 471 g/mol. The third kappa shape index (κ3) is 6.11. The molecule has 1 aromatic heterocycles. The summed E-state index contributed by atoms with van der Waals surface area (Å²) in [6.07, 6.45) is 0. The van der Waals surface area contributed by atoms with Gasteiger partial charge < -0.3 is 15.2 Å². The second-order valence-electron chi connectivity index (χ2n) is 7.72. The molecule has 3 rings (SSSR count). The van der Waals surface area contributed by atoms with Crippen LogP contribution < -0.4 is 10.6 Å². The minimum Gasteiger partial charge on any atom is -0.342 e. The van der Waals surface area contributed by atoms with E-state index in [1.807, 2.05) is 38.2 Å². The average molecular weight is 472 g/mol. The summed E-state index contributed by atoms with van der Waals surface area (Å²) in [7, 11) is 1.81. The Balaban J connectivity index is 1.55. The maximum Gasteiger partial charge on any atom is 0.251 e. The van der Waals surface area contributed by atoms with Gasteiger partial charge in [-0.15, -0.1) is 10.2 Å². The van der Waals surface area contributed by atoms with E-state index in [1.165, 1.54) is 17.3 Å². The average Bonchev–Trinajstić information content (AvgIpc) is 3.13. The normalized spacial score (nSPS) is 11.9. The predicted molar refractivity (Wildman–Crippen MR) is 128 cm³/mol. The maximum absolute atomic E-state index is 12.4. The molecule has 3 aromatic rings. The molecule has 2 N–H and O–H groups in total. The quantitative estimate of drug-likeness (QED) is 0.460. The Morgan fingerprint density at radius 3 is 2.31 bits per heavy atom. The van der Waals surface area contributed by atoms with Gasteiger partial charge in [-0.3, -0.25) is 9.59 Å². The first kappa shape index (κ1) is 23.8. The van der Waals surface area contributed by atoms with Crippen molar-refractivity contribution in [2.24, 2.45) is 7.05 Å². The van der Waals surface area contributed by atoms with Crippen LogP contribution in [0.4, 0.5) is 5.69 Å². The highest BCUT2D eigenvalue weighted by molar-refractivity contribution is 7.99. The number of rotatable bonds is 8. The van der Waals surface area contributed by atoms with Crippen LogP contribution in [0.2, 0.25) is 5.02 Å². The number of carbonyl (C=O) groups excluding carboxylic acids is 2. The lowest BCUT2D eigenvalue weighted by atomic mass is 10.0. The lowest BCUT2D eigenvalue weighted by Crippen LogP contribution is -2.28. The van der Waals surface area contributed by atoms with Gasteiger partial charge in [0.15, 0.2) is 11.0 Å². The van der Waals surface area contributed by atoms with Crippen LogP contribution >= 0.6 is 23.4 Å². The van der Waals surface area contributed by atoms with Crippen LogP contribution in [0, 0.1) is 0 Å². The van der Waals surface area contributed by atoms with Gasteiger partial charge in [0.2, 0.25) is 5.91 Å². The Kier molecular flexibility index (Phi) is 7.93. The van der Waals surface area contributed by atoms with Gasteiger partial charge in [0.1, 0.15) is 0 Å². The summed E-state index contributed by atoms with van der Waals surface area (Å²) in [5.41, 5.74) is 2.49. The summed E-state index contributed by atoms with van der Waals surface area (Å²) >= 11 is 7.16. The van der Waals surface area contributed by atoms with Crippen molar-refractivity contribution < 1.29 is 9.59 Å². The number of hydrogen-bond donors (Lipinski definition) is 2. The fourth-order valence-electron chi connectivity index (χ4n) is 3.05. The van der Waals surface area contributed by atoms with Crippen LogP contribution in [0.15, 0.2) is 53.7 Å². The molecule has 2 aromatic carbocycles. The van der Waals surface area contributed by atoms with Crippen molar-refractivity contribution in [3.63, 3.8) is 0 Å². The molecular weight excluding hydrogens is 446 g/mol. The van der Waals surface area contributed by atoms with Crippen molar-refractivity contribution in [1.29, 1.82) is 0 Å². The number of hydrogen-bond acceptors (Lipinski definition) is 5. The van der Waals surface area contributed by atoms with E-state index in [0.717, 1.165) is 5.69 Å². The molecule has 1 heterocycles.